The molecule has 80 valence electrons. The van der Waals surface area contributed by atoms with Crippen LogP contribution in [0.3, 0.4) is 0 Å². The van der Waals surface area contributed by atoms with Gasteiger partial charge < -0.3 is 4.74 Å². The molecule has 1 unspecified atom stereocenters. The summed E-state index contributed by atoms with van der Waals surface area (Å²) in [5.41, 5.74) is 0. The van der Waals surface area contributed by atoms with Crippen molar-refractivity contribution in [3.05, 3.63) is 0 Å². The van der Waals surface area contributed by atoms with E-state index in [-0.39, 0.29) is 11.9 Å². The van der Waals surface area contributed by atoms with Gasteiger partial charge in [0, 0.05) is 7.11 Å². The molecule has 0 bridgehead atoms. The lowest BCUT2D eigenvalue weighted by Gasteiger charge is -2.13. The van der Waals surface area contributed by atoms with Crippen LogP contribution in [0.25, 0.3) is 0 Å². The Bertz CT molecular complexity index is 210. The van der Waals surface area contributed by atoms with Gasteiger partial charge in [0.25, 0.3) is 10.1 Å². The SMILES string of the molecule is CCCCC(CS(=O)(=O)OC)OC. The summed E-state index contributed by atoms with van der Waals surface area (Å²) in [5.74, 6) is -0.0556. The van der Waals surface area contributed by atoms with Crippen LogP contribution in [0.4, 0.5) is 0 Å². The van der Waals surface area contributed by atoms with Crippen LogP contribution in [0.1, 0.15) is 26.2 Å². The van der Waals surface area contributed by atoms with Crippen molar-refractivity contribution in [1.82, 2.24) is 0 Å². The fraction of sp³-hybridized carbons (Fsp3) is 1.00. The average molecular weight is 210 g/mol. The molecule has 0 saturated carbocycles. The van der Waals surface area contributed by atoms with E-state index in [0.29, 0.717) is 0 Å². The highest BCUT2D eigenvalue weighted by Crippen LogP contribution is 2.07. The number of unbranched alkanes of at least 4 members (excludes halogenated alkanes) is 1. The first kappa shape index (κ1) is 12.9. The molecule has 5 heteroatoms. The van der Waals surface area contributed by atoms with Gasteiger partial charge in [-0.05, 0) is 6.42 Å². The Morgan fingerprint density at radius 1 is 1.31 bits per heavy atom. The molecule has 0 spiro atoms. The van der Waals surface area contributed by atoms with Crippen LogP contribution in [-0.4, -0.2) is 34.5 Å². The summed E-state index contributed by atoms with van der Waals surface area (Å²) in [4.78, 5) is 0. The molecule has 0 radical (unpaired) electrons. The first-order valence-corrected chi connectivity index (χ1v) is 5.94. The van der Waals surface area contributed by atoms with E-state index in [1.807, 2.05) is 0 Å². The van der Waals surface area contributed by atoms with E-state index in [1.165, 1.54) is 14.2 Å². The second-order valence-electron chi connectivity index (χ2n) is 2.89. The van der Waals surface area contributed by atoms with Gasteiger partial charge in [-0.3, -0.25) is 4.18 Å². The number of hydrogen-bond donors (Lipinski definition) is 0. The average Bonchev–Trinajstić information content (AvgIpc) is 2.12. The van der Waals surface area contributed by atoms with Crippen LogP contribution in [0.2, 0.25) is 0 Å². The van der Waals surface area contributed by atoms with Crippen LogP contribution in [0.15, 0.2) is 0 Å². The second-order valence-corrected chi connectivity index (χ2v) is 4.67. The summed E-state index contributed by atoms with van der Waals surface area (Å²) in [6, 6.07) is 0. The summed E-state index contributed by atoms with van der Waals surface area (Å²) in [7, 11) is -0.698. The fourth-order valence-electron chi connectivity index (χ4n) is 0.997. The Labute approximate surface area is 80.4 Å². The molecule has 0 aromatic carbocycles. The van der Waals surface area contributed by atoms with Crippen LogP contribution >= 0.6 is 0 Å². The molecule has 0 rings (SSSR count). The number of ether oxygens (including phenoxy) is 1. The van der Waals surface area contributed by atoms with Crippen LogP contribution in [0, 0.1) is 0 Å². The predicted molar refractivity (Wildman–Crippen MR) is 51.1 cm³/mol. The van der Waals surface area contributed by atoms with E-state index < -0.39 is 10.1 Å². The Morgan fingerprint density at radius 2 is 1.92 bits per heavy atom. The molecular weight excluding hydrogens is 192 g/mol. The number of hydrogen-bond acceptors (Lipinski definition) is 4. The molecule has 0 aromatic rings. The Balaban J connectivity index is 3.97. The maximum absolute atomic E-state index is 11.0. The zero-order valence-corrected chi connectivity index (χ0v) is 9.26. The normalized spacial score (nSPS) is 14.4. The molecular formula is C8H18O4S. The molecule has 0 saturated heterocycles. The molecule has 0 N–H and O–H groups in total. The highest BCUT2D eigenvalue weighted by Gasteiger charge is 2.17. The summed E-state index contributed by atoms with van der Waals surface area (Å²) in [6.07, 6.45) is 2.52. The van der Waals surface area contributed by atoms with Crippen LogP contribution in [-0.2, 0) is 19.0 Å². The molecule has 0 aliphatic carbocycles. The van der Waals surface area contributed by atoms with Gasteiger partial charge in [0.15, 0.2) is 0 Å². The lowest BCUT2D eigenvalue weighted by molar-refractivity contribution is 0.109. The maximum atomic E-state index is 11.0. The summed E-state index contributed by atoms with van der Waals surface area (Å²) in [6.45, 7) is 2.05. The number of methoxy groups -OCH3 is 1. The molecule has 0 aromatic heterocycles. The van der Waals surface area contributed by atoms with E-state index in [4.69, 9.17) is 4.74 Å². The topological polar surface area (TPSA) is 52.6 Å². The lowest BCUT2D eigenvalue weighted by Crippen LogP contribution is -2.23. The fourth-order valence-corrected chi connectivity index (χ4v) is 1.89. The van der Waals surface area contributed by atoms with Gasteiger partial charge in [-0.2, -0.15) is 8.42 Å². The van der Waals surface area contributed by atoms with Gasteiger partial charge in [0.2, 0.25) is 0 Å². The van der Waals surface area contributed by atoms with Gasteiger partial charge in [-0.15, -0.1) is 0 Å². The maximum Gasteiger partial charge on any atom is 0.269 e. The summed E-state index contributed by atoms with van der Waals surface area (Å²) >= 11 is 0. The van der Waals surface area contributed by atoms with Crippen molar-refractivity contribution in [2.75, 3.05) is 20.0 Å². The van der Waals surface area contributed by atoms with Gasteiger partial charge in [0.1, 0.15) is 5.75 Å². The molecule has 13 heavy (non-hydrogen) atoms. The van der Waals surface area contributed by atoms with Crippen molar-refractivity contribution in [2.24, 2.45) is 0 Å². The third kappa shape index (κ3) is 6.01. The monoisotopic (exact) mass is 210 g/mol. The van der Waals surface area contributed by atoms with Gasteiger partial charge in [-0.25, -0.2) is 0 Å². The minimum atomic E-state index is -3.39. The van der Waals surface area contributed by atoms with E-state index in [9.17, 15) is 8.42 Å². The van der Waals surface area contributed by atoms with E-state index in [2.05, 4.69) is 11.1 Å². The first-order valence-electron chi connectivity index (χ1n) is 4.36. The quantitative estimate of drug-likeness (QED) is 0.592. The Hall–Kier alpha value is -0.130. The predicted octanol–water partition coefficient (Wildman–Crippen LogP) is 1.17. The van der Waals surface area contributed by atoms with E-state index in [1.54, 1.807) is 0 Å². The van der Waals surface area contributed by atoms with Gasteiger partial charge in [-0.1, -0.05) is 19.8 Å². The van der Waals surface area contributed by atoms with Crippen molar-refractivity contribution in [1.29, 1.82) is 0 Å². The second kappa shape index (κ2) is 6.34. The molecule has 0 fully saturated rings. The van der Waals surface area contributed by atoms with E-state index in [0.717, 1.165) is 19.3 Å². The largest absolute Gasteiger partial charge is 0.380 e. The third-order valence-corrected chi connectivity index (χ3v) is 3.14. The minimum Gasteiger partial charge on any atom is -0.380 e. The highest BCUT2D eigenvalue weighted by molar-refractivity contribution is 7.86. The Morgan fingerprint density at radius 3 is 2.31 bits per heavy atom. The van der Waals surface area contributed by atoms with Crippen molar-refractivity contribution < 1.29 is 17.3 Å². The molecule has 0 amide bonds. The molecule has 0 heterocycles. The standard InChI is InChI=1S/C8H18O4S/c1-4-5-6-8(11-2)7-13(9,10)12-3/h8H,4-7H2,1-3H3. The summed E-state index contributed by atoms with van der Waals surface area (Å²) in [5, 5.41) is 0. The Kier molecular flexibility index (Phi) is 6.28. The van der Waals surface area contributed by atoms with Crippen molar-refractivity contribution in [3.63, 3.8) is 0 Å². The van der Waals surface area contributed by atoms with Crippen LogP contribution in [0.5, 0.6) is 0 Å². The summed E-state index contributed by atoms with van der Waals surface area (Å²) < 4.78 is 31.4. The highest BCUT2D eigenvalue weighted by atomic mass is 32.2. The van der Waals surface area contributed by atoms with Gasteiger partial charge >= 0.3 is 0 Å². The smallest absolute Gasteiger partial charge is 0.269 e. The third-order valence-electron chi connectivity index (χ3n) is 1.86. The van der Waals surface area contributed by atoms with Crippen molar-refractivity contribution >= 4 is 10.1 Å². The molecule has 1 atom stereocenters. The molecule has 4 nitrogen and oxygen atoms in total. The van der Waals surface area contributed by atoms with Crippen molar-refractivity contribution in [2.45, 2.75) is 32.3 Å². The van der Waals surface area contributed by atoms with Gasteiger partial charge in [0.05, 0.1) is 13.2 Å². The molecule has 0 aliphatic heterocycles. The molecule has 0 aliphatic rings. The van der Waals surface area contributed by atoms with Crippen molar-refractivity contribution in [3.8, 4) is 0 Å². The van der Waals surface area contributed by atoms with Crippen LogP contribution < -0.4 is 0 Å². The van der Waals surface area contributed by atoms with E-state index >= 15 is 0 Å². The lowest BCUT2D eigenvalue weighted by atomic mass is 10.2. The minimum absolute atomic E-state index is 0.0556. The number of rotatable bonds is 7. The first-order chi connectivity index (χ1) is 6.05. The zero-order chi connectivity index (χ0) is 10.3. The zero-order valence-electron chi connectivity index (χ0n) is 8.45.